The number of nitriles is 1. The van der Waals surface area contributed by atoms with Crippen LogP contribution in [0.3, 0.4) is 0 Å². The minimum Gasteiger partial charge on any atom is -0.476 e. The smallest absolute Gasteiger partial charge is 0.358 e. The highest BCUT2D eigenvalue weighted by Crippen LogP contribution is 2.03. The lowest BCUT2D eigenvalue weighted by atomic mass is 10.3. The fraction of sp³-hybridized carbons (Fsp3) is 0.182. The molecule has 2 aromatic heterocycles. The average molecular weight is 258 g/mol. The van der Waals surface area contributed by atoms with Gasteiger partial charge in [-0.1, -0.05) is 5.21 Å². The van der Waals surface area contributed by atoms with Crippen LogP contribution in [0.25, 0.3) is 0 Å². The maximum atomic E-state index is 10.6. The van der Waals surface area contributed by atoms with Gasteiger partial charge in [0.05, 0.1) is 18.3 Å². The fourth-order valence-electron chi connectivity index (χ4n) is 1.37. The standard InChI is InChI=1S/C11H10N6O2/c12-5-8-1-2-10(14-6-8)13-3-4-17-7-9(11(18)19)15-16-17/h1-2,6-7H,3-4H2,(H,13,14)(H,18,19). The molecule has 0 amide bonds. The maximum absolute atomic E-state index is 10.6. The summed E-state index contributed by atoms with van der Waals surface area (Å²) in [5.74, 6) is -0.467. The number of nitrogens with one attached hydrogen (secondary N) is 1. The van der Waals surface area contributed by atoms with Crippen molar-refractivity contribution in [2.24, 2.45) is 0 Å². The quantitative estimate of drug-likeness (QED) is 0.794. The van der Waals surface area contributed by atoms with Crippen molar-refractivity contribution in [1.29, 1.82) is 5.26 Å². The van der Waals surface area contributed by atoms with E-state index in [-0.39, 0.29) is 5.69 Å². The van der Waals surface area contributed by atoms with Gasteiger partial charge in [0, 0.05) is 12.7 Å². The van der Waals surface area contributed by atoms with Crippen LogP contribution in [0, 0.1) is 11.3 Å². The molecule has 96 valence electrons. The molecule has 0 radical (unpaired) electrons. The van der Waals surface area contributed by atoms with Crippen LogP contribution in [-0.4, -0.2) is 37.6 Å². The Morgan fingerprint density at radius 1 is 1.53 bits per heavy atom. The third-order valence-electron chi connectivity index (χ3n) is 2.30. The van der Waals surface area contributed by atoms with Crippen LogP contribution in [0.15, 0.2) is 24.5 Å². The predicted octanol–water partition coefficient (Wildman–Crippen LogP) is 0.355. The fourth-order valence-corrected chi connectivity index (χ4v) is 1.37. The molecule has 0 aliphatic carbocycles. The molecule has 2 aromatic rings. The second-order valence-electron chi connectivity index (χ2n) is 3.64. The van der Waals surface area contributed by atoms with Crippen LogP contribution in [0.1, 0.15) is 16.1 Å². The van der Waals surface area contributed by atoms with E-state index in [2.05, 4.69) is 20.6 Å². The molecule has 0 fully saturated rings. The Morgan fingerprint density at radius 2 is 2.37 bits per heavy atom. The molecule has 19 heavy (non-hydrogen) atoms. The van der Waals surface area contributed by atoms with Crippen LogP contribution in [0.4, 0.5) is 5.82 Å². The zero-order valence-corrected chi connectivity index (χ0v) is 9.82. The molecule has 2 N–H and O–H groups in total. The summed E-state index contributed by atoms with van der Waals surface area (Å²) in [7, 11) is 0. The van der Waals surface area contributed by atoms with Gasteiger partial charge in [-0.25, -0.2) is 14.5 Å². The van der Waals surface area contributed by atoms with Crippen molar-refractivity contribution >= 4 is 11.8 Å². The first kappa shape index (κ1) is 12.5. The zero-order chi connectivity index (χ0) is 13.7. The number of hydrogen-bond donors (Lipinski definition) is 2. The lowest BCUT2D eigenvalue weighted by molar-refractivity contribution is 0.0690. The monoisotopic (exact) mass is 258 g/mol. The molecule has 0 bridgehead atoms. The number of nitrogens with zero attached hydrogens (tertiary/aromatic N) is 5. The molecule has 8 nitrogen and oxygen atoms in total. The molecular formula is C11H10N6O2. The number of carboxylic acids is 1. The van der Waals surface area contributed by atoms with Crippen LogP contribution in [-0.2, 0) is 6.54 Å². The highest BCUT2D eigenvalue weighted by Gasteiger charge is 2.07. The Kier molecular flexibility index (Phi) is 3.68. The van der Waals surface area contributed by atoms with Gasteiger partial charge in [-0.15, -0.1) is 5.10 Å². The van der Waals surface area contributed by atoms with Gasteiger partial charge >= 0.3 is 5.97 Å². The van der Waals surface area contributed by atoms with Crippen molar-refractivity contribution in [2.75, 3.05) is 11.9 Å². The first-order valence-electron chi connectivity index (χ1n) is 5.42. The lowest BCUT2D eigenvalue weighted by Gasteiger charge is -2.04. The first-order valence-corrected chi connectivity index (χ1v) is 5.42. The number of pyridine rings is 1. The summed E-state index contributed by atoms with van der Waals surface area (Å²) in [5.41, 5.74) is 0.407. The Hall–Kier alpha value is -2.95. The van der Waals surface area contributed by atoms with Gasteiger partial charge in [0.2, 0.25) is 0 Å². The summed E-state index contributed by atoms with van der Waals surface area (Å²) in [4.78, 5) is 14.6. The van der Waals surface area contributed by atoms with Crippen molar-refractivity contribution < 1.29 is 9.90 Å². The van der Waals surface area contributed by atoms with Crippen LogP contribution >= 0.6 is 0 Å². The Bertz CT molecular complexity index is 613. The largest absolute Gasteiger partial charge is 0.476 e. The lowest BCUT2D eigenvalue weighted by Crippen LogP contribution is -2.11. The van der Waals surface area contributed by atoms with Gasteiger partial charge in [-0.05, 0) is 12.1 Å². The molecule has 0 aliphatic rings. The zero-order valence-electron chi connectivity index (χ0n) is 9.82. The van der Waals surface area contributed by atoms with E-state index < -0.39 is 5.97 Å². The summed E-state index contributed by atoms with van der Waals surface area (Å²) in [6.45, 7) is 0.975. The predicted molar refractivity (Wildman–Crippen MR) is 64.4 cm³/mol. The summed E-state index contributed by atoms with van der Waals surface area (Å²) in [6.07, 6.45) is 2.83. The van der Waals surface area contributed by atoms with E-state index in [4.69, 9.17) is 10.4 Å². The molecule has 8 heteroatoms. The second-order valence-corrected chi connectivity index (χ2v) is 3.64. The van der Waals surface area contributed by atoms with E-state index in [0.29, 0.717) is 24.5 Å². The Labute approximate surface area is 108 Å². The molecule has 0 saturated carbocycles. The normalized spacial score (nSPS) is 9.84. The van der Waals surface area contributed by atoms with Gasteiger partial charge in [-0.2, -0.15) is 5.26 Å². The number of carboxylic acid groups (broad SMARTS) is 1. The third kappa shape index (κ3) is 3.26. The maximum Gasteiger partial charge on any atom is 0.358 e. The van der Waals surface area contributed by atoms with Crippen LogP contribution < -0.4 is 5.32 Å². The highest BCUT2D eigenvalue weighted by molar-refractivity contribution is 5.84. The van der Waals surface area contributed by atoms with E-state index in [9.17, 15) is 4.79 Å². The molecule has 0 aromatic carbocycles. The number of hydrogen-bond acceptors (Lipinski definition) is 6. The summed E-state index contributed by atoms with van der Waals surface area (Å²) >= 11 is 0. The molecule has 2 rings (SSSR count). The highest BCUT2D eigenvalue weighted by atomic mass is 16.4. The molecule has 2 heterocycles. The molecular weight excluding hydrogens is 248 g/mol. The van der Waals surface area contributed by atoms with Crippen molar-refractivity contribution in [3.63, 3.8) is 0 Å². The summed E-state index contributed by atoms with van der Waals surface area (Å²) in [6, 6.07) is 5.34. The third-order valence-corrected chi connectivity index (χ3v) is 2.30. The van der Waals surface area contributed by atoms with Crippen LogP contribution in [0.5, 0.6) is 0 Å². The van der Waals surface area contributed by atoms with Crippen LogP contribution in [0.2, 0.25) is 0 Å². The number of aromatic carboxylic acids is 1. The molecule has 0 unspecified atom stereocenters. The number of carbonyl (C=O) groups is 1. The number of rotatable bonds is 5. The van der Waals surface area contributed by atoms with Gasteiger partial charge < -0.3 is 10.4 Å². The van der Waals surface area contributed by atoms with E-state index in [1.54, 1.807) is 12.1 Å². The molecule has 0 saturated heterocycles. The summed E-state index contributed by atoms with van der Waals surface area (Å²) < 4.78 is 1.43. The van der Waals surface area contributed by atoms with E-state index in [1.165, 1.54) is 17.1 Å². The second kappa shape index (κ2) is 5.59. The van der Waals surface area contributed by atoms with Crippen molar-refractivity contribution in [3.05, 3.63) is 35.8 Å². The number of anilines is 1. The molecule has 0 atom stereocenters. The average Bonchev–Trinajstić information content (AvgIpc) is 2.89. The number of aromatic nitrogens is 4. The van der Waals surface area contributed by atoms with Crippen molar-refractivity contribution in [2.45, 2.75) is 6.54 Å². The van der Waals surface area contributed by atoms with Gasteiger partial charge in [0.1, 0.15) is 11.9 Å². The van der Waals surface area contributed by atoms with Crippen molar-refractivity contribution in [3.8, 4) is 6.07 Å². The van der Waals surface area contributed by atoms with E-state index in [1.807, 2.05) is 6.07 Å². The van der Waals surface area contributed by atoms with E-state index >= 15 is 0 Å². The van der Waals surface area contributed by atoms with Gasteiger partial charge in [0.15, 0.2) is 5.69 Å². The van der Waals surface area contributed by atoms with Crippen molar-refractivity contribution in [1.82, 2.24) is 20.0 Å². The SMILES string of the molecule is N#Cc1ccc(NCCn2cc(C(=O)O)nn2)nc1. The Balaban J connectivity index is 1.85. The minimum atomic E-state index is -1.10. The van der Waals surface area contributed by atoms with Gasteiger partial charge in [0.25, 0.3) is 0 Å². The molecule has 0 spiro atoms. The van der Waals surface area contributed by atoms with Gasteiger partial charge in [-0.3, -0.25) is 0 Å². The Morgan fingerprint density at radius 3 is 2.95 bits per heavy atom. The first-order chi connectivity index (χ1) is 9.19. The van der Waals surface area contributed by atoms with E-state index in [0.717, 1.165) is 0 Å². The minimum absolute atomic E-state index is 0.0866. The summed E-state index contributed by atoms with van der Waals surface area (Å²) in [5, 5.41) is 27.5. The topological polar surface area (TPSA) is 117 Å². The molecule has 0 aliphatic heterocycles.